The molecule has 1 atom stereocenters. The first kappa shape index (κ1) is 18.7. The van der Waals surface area contributed by atoms with E-state index in [0.717, 1.165) is 28.6 Å². The zero-order chi connectivity index (χ0) is 19.4. The number of rotatable bonds is 6. The molecule has 0 spiro atoms. The summed E-state index contributed by atoms with van der Waals surface area (Å²) in [5, 5.41) is 10.5. The maximum absolute atomic E-state index is 9.54. The highest BCUT2D eigenvalue weighted by molar-refractivity contribution is 5.92. The summed E-state index contributed by atoms with van der Waals surface area (Å²) in [7, 11) is 0. The molecule has 0 saturated carbocycles. The van der Waals surface area contributed by atoms with E-state index in [4.69, 9.17) is 10.5 Å². The minimum atomic E-state index is -0.482. The van der Waals surface area contributed by atoms with E-state index >= 15 is 0 Å². The van der Waals surface area contributed by atoms with Crippen LogP contribution < -0.4 is 10.5 Å². The average Bonchev–Trinajstić information content (AvgIpc) is 2.65. The Balaban J connectivity index is 1.90. The molecule has 6 nitrogen and oxygen atoms in total. The van der Waals surface area contributed by atoms with Crippen LogP contribution in [0.5, 0.6) is 5.88 Å². The summed E-state index contributed by atoms with van der Waals surface area (Å²) >= 11 is 0. The highest BCUT2D eigenvalue weighted by atomic mass is 16.5. The monoisotopic (exact) mass is 361 g/mol. The quantitative estimate of drug-likeness (QED) is 0.719. The summed E-state index contributed by atoms with van der Waals surface area (Å²) in [6.07, 6.45) is 5.93. The average molecular weight is 361 g/mol. The normalized spacial score (nSPS) is 13.3. The van der Waals surface area contributed by atoms with Crippen LogP contribution in [0.2, 0.25) is 0 Å². The highest BCUT2D eigenvalue weighted by Gasteiger charge is 2.22. The molecule has 0 unspecified atom stereocenters. The van der Waals surface area contributed by atoms with Gasteiger partial charge in [0.25, 0.3) is 0 Å². The van der Waals surface area contributed by atoms with E-state index in [2.05, 4.69) is 34.9 Å². The number of pyridine rings is 3. The Bertz CT molecular complexity index is 986. The van der Waals surface area contributed by atoms with Crippen molar-refractivity contribution in [3.8, 4) is 23.2 Å². The molecule has 0 aliphatic carbocycles. The van der Waals surface area contributed by atoms with Gasteiger partial charge < -0.3 is 10.5 Å². The first-order valence-corrected chi connectivity index (χ1v) is 8.91. The van der Waals surface area contributed by atoms with Crippen molar-refractivity contribution in [2.75, 3.05) is 6.61 Å². The maximum Gasteiger partial charge on any atom is 0.231 e. The molecule has 3 aromatic heterocycles. The van der Waals surface area contributed by atoms with Crippen molar-refractivity contribution < 1.29 is 4.74 Å². The van der Waals surface area contributed by atoms with E-state index in [-0.39, 0.29) is 0 Å². The SMILES string of the molecule is CC(C)C[C@](C)(N)COc1ncc(-c2nccc3ncccc23)cc1C#N. The molecule has 27 heavy (non-hydrogen) atoms. The van der Waals surface area contributed by atoms with Crippen LogP contribution in [0.25, 0.3) is 22.2 Å². The molecular formula is C21H23N5O. The Hall–Kier alpha value is -3.04. The summed E-state index contributed by atoms with van der Waals surface area (Å²) < 4.78 is 5.78. The van der Waals surface area contributed by atoms with Gasteiger partial charge in [0.15, 0.2) is 0 Å². The predicted octanol–water partition coefficient (Wildman–Crippen LogP) is 3.71. The van der Waals surface area contributed by atoms with Crippen LogP contribution in [0.15, 0.2) is 42.9 Å². The number of ether oxygens (including phenoxy) is 1. The van der Waals surface area contributed by atoms with E-state index in [9.17, 15) is 5.26 Å². The van der Waals surface area contributed by atoms with Crippen molar-refractivity contribution in [2.24, 2.45) is 11.7 Å². The summed E-state index contributed by atoms with van der Waals surface area (Å²) in [5.41, 5.74) is 8.49. The van der Waals surface area contributed by atoms with E-state index < -0.39 is 5.54 Å². The summed E-state index contributed by atoms with van der Waals surface area (Å²) in [5.74, 6) is 0.750. The van der Waals surface area contributed by atoms with E-state index in [0.29, 0.717) is 24.0 Å². The van der Waals surface area contributed by atoms with Gasteiger partial charge in [0, 0.05) is 35.1 Å². The van der Waals surface area contributed by atoms with E-state index in [1.54, 1.807) is 24.7 Å². The lowest BCUT2D eigenvalue weighted by Crippen LogP contribution is -2.43. The largest absolute Gasteiger partial charge is 0.475 e. The molecule has 0 aliphatic heterocycles. The first-order chi connectivity index (χ1) is 12.9. The number of nitriles is 1. The Labute approximate surface area is 159 Å². The van der Waals surface area contributed by atoms with Gasteiger partial charge in [-0.1, -0.05) is 13.8 Å². The Morgan fingerprint density at radius 3 is 2.78 bits per heavy atom. The second kappa shape index (κ2) is 7.68. The van der Waals surface area contributed by atoms with Gasteiger partial charge in [0.2, 0.25) is 5.88 Å². The molecule has 0 aromatic carbocycles. The van der Waals surface area contributed by atoms with Crippen molar-refractivity contribution in [1.29, 1.82) is 5.26 Å². The van der Waals surface area contributed by atoms with Crippen LogP contribution in [-0.4, -0.2) is 27.1 Å². The zero-order valence-corrected chi connectivity index (χ0v) is 15.8. The first-order valence-electron chi connectivity index (χ1n) is 8.91. The molecule has 138 valence electrons. The number of aromatic nitrogens is 3. The third kappa shape index (κ3) is 4.39. The predicted molar refractivity (Wildman–Crippen MR) is 105 cm³/mol. The second-order valence-corrected chi connectivity index (χ2v) is 7.46. The molecule has 0 bridgehead atoms. The lowest BCUT2D eigenvalue weighted by atomic mass is 9.93. The number of nitrogens with two attached hydrogens (primary N) is 1. The molecule has 0 radical (unpaired) electrons. The number of hydrogen-bond acceptors (Lipinski definition) is 6. The molecule has 2 N–H and O–H groups in total. The van der Waals surface area contributed by atoms with Crippen molar-refractivity contribution in [3.05, 3.63) is 48.4 Å². The van der Waals surface area contributed by atoms with E-state index in [1.165, 1.54) is 0 Å². The van der Waals surface area contributed by atoms with Gasteiger partial charge in [-0.2, -0.15) is 5.26 Å². The van der Waals surface area contributed by atoms with Crippen LogP contribution in [0.3, 0.4) is 0 Å². The van der Waals surface area contributed by atoms with Crippen molar-refractivity contribution in [3.63, 3.8) is 0 Å². The molecular weight excluding hydrogens is 338 g/mol. The van der Waals surface area contributed by atoms with Crippen LogP contribution in [0.4, 0.5) is 0 Å². The molecule has 0 aliphatic rings. The van der Waals surface area contributed by atoms with Gasteiger partial charge in [-0.25, -0.2) is 4.98 Å². The summed E-state index contributed by atoms with van der Waals surface area (Å²) in [4.78, 5) is 13.1. The van der Waals surface area contributed by atoms with Gasteiger partial charge >= 0.3 is 0 Å². The molecule has 3 aromatic rings. The Morgan fingerprint density at radius 1 is 1.22 bits per heavy atom. The summed E-state index contributed by atoms with van der Waals surface area (Å²) in [6.45, 7) is 6.47. The molecule has 0 amide bonds. The number of fused-ring (bicyclic) bond motifs is 1. The van der Waals surface area contributed by atoms with Gasteiger partial charge in [-0.05, 0) is 43.5 Å². The third-order valence-corrected chi connectivity index (χ3v) is 4.19. The van der Waals surface area contributed by atoms with Crippen LogP contribution in [0, 0.1) is 17.2 Å². The second-order valence-electron chi connectivity index (χ2n) is 7.46. The minimum Gasteiger partial charge on any atom is -0.475 e. The van der Waals surface area contributed by atoms with Gasteiger partial charge in [0.1, 0.15) is 18.2 Å². The molecule has 3 rings (SSSR count). The zero-order valence-electron chi connectivity index (χ0n) is 15.8. The molecule has 6 heteroatoms. The Morgan fingerprint density at radius 2 is 2.04 bits per heavy atom. The maximum atomic E-state index is 9.54. The van der Waals surface area contributed by atoms with Crippen LogP contribution in [0.1, 0.15) is 32.8 Å². The molecule has 0 saturated heterocycles. The van der Waals surface area contributed by atoms with E-state index in [1.807, 2.05) is 25.1 Å². The van der Waals surface area contributed by atoms with Gasteiger partial charge in [-0.15, -0.1) is 0 Å². The van der Waals surface area contributed by atoms with Crippen molar-refractivity contribution in [2.45, 2.75) is 32.7 Å². The smallest absolute Gasteiger partial charge is 0.231 e. The fraction of sp³-hybridized carbons (Fsp3) is 0.333. The third-order valence-electron chi connectivity index (χ3n) is 4.19. The topological polar surface area (TPSA) is 97.7 Å². The minimum absolute atomic E-state index is 0.292. The molecule has 0 fully saturated rings. The lowest BCUT2D eigenvalue weighted by molar-refractivity contribution is 0.200. The summed E-state index contributed by atoms with van der Waals surface area (Å²) in [6, 6.07) is 9.57. The fourth-order valence-electron chi connectivity index (χ4n) is 3.23. The van der Waals surface area contributed by atoms with Crippen LogP contribution >= 0.6 is 0 Å². The number of hydrogen-bond donors (Lipinski definition) is 1. The van der Waals surface area contributed by atoms with Crippen LogP contribution in [-0.2, 0) is 0 Å². The fourth-order valence-corrected chi connectivity index (χ4v) is 3.23. The van der Waals surface area contributed by atoms with Crippen molar-refractivity contribution >= 4 is 10.9 Å². The van der Waals surface area contributed by atoms with Gasteiger partial charge in [-0.3, -0.25) is 9.97 Å². The lowest BCUT2D eigenvalue weighted by Gasteiger charge is -2.26. The van der Waals surface area contributed by atoms with Crippen molar-refractivity contribution in [1.82, 2.24) is 15.0 Å². The van der Waals surface area contributed by atoms with Gasteiger partial charge in [0.05, 0.1) is 11.2 Å². The highest BCUT2D eigenvalue weighted by Crippen LogP contribution is 2.28. The molecule has 3 heterocycles. The number of nitrogens with zero attached hydrogens (tertiary/aromatic N) is 4. The standard InChI is InChI=1S/C21H23N5O/c1-14(2)10-21(3,23)13-27-20-15(11-22)9-16(12-26-20)19-17-5-4-7-24-18(17)6-8-25-19/h4-9,12,14H,10,13,23H2,1-3H3/t21-/m0/s1. The Kier molecular flexibility index (Phi) is 5.33.